The minimum Gasteiger partial charge on any atom is -0.481 e. The first-order valence-corrected chi connectivity index (χ1v) is 9.97. The Morgan fingerprint density at radius 2 is 1.76 bits per heavy atom. The Kier molecular flexibility index (Phi) is 6.79. The molecule has 2 fully saturated rings. The highest BCUT2D eigenvalue weighted by molar-refractivity contribution is 5.85. The van der Waals surface area contributed by atoms with Gasteiger partial charge in [-0.2, -0.15) is 0 Å². The molecular weight excluding hydrogens is 380 g/mol. The minimum absolute atomic E-state index is 0.0433. The second-order valence-electron chi connectivity index (χ2n) is 9.32. The van der Waals surface area contributed by atoms with Gasteiger partial charge < -0.3 is 25.2 Å². The minimum atomic E-state index is -1.76. The monoisotopic (exact) mass is 412 g/mol. The van der Waals surface area contributed by atoms with Gasteiger partial charge in [-0.3, -0.25) is 9.59 Å². The smallest absolute Gasteiger partial charge is 0.333 e. The molecule has 164 valence electrons. The van der Waals surface area contributed by atoms with Crippen molar-refractivity contribution in [2.45, 2.75) is 65.1 Å². The van der Waals surface area contributed by atoms with Gasteiger partial charge in [-0.25, -0.2) is 4.79 Å². The van der Waals surface area contributed by atoms with Crippen LogP contribution in [0.5, 0.6) is 0 Å². The van der Waals surface area contributed by atoms with E-state index in [9.17, 15) is 29.7 Å². The van der Waals surface area contributed by atoms with E-state index in [4.69, 9.17) is 9.84 Å². The molecule has 2 aliphatic carbocycles. The fourth-order valence-corrected chi connectivity index (χ4v) is 5.54. The van der Waals surface area contributed by atoms with Crippen LogP contribution in [-0.4, -0.2) is 57.1 Å². The maximum atomic E-state index is 11.7. The van der Waals surface area contributed by atoms with Crippen LogP contribution >= 0.6 is 0 Å². The Bertz CT molecular complexity index is 684. The molecule has 0 spiro atoms. The fourth-order valence-electron chi connectivity index (χ4n) is 5.54. The molecule has 2 aliphatic rings. The van der Waals surface area contributed by atoms with Crippen LogP contribution in [0.2, 0.25) is 0 Å². The largest absolute Gasteiger partial charge is 0.481 e. The first-order valence-electron chi connectivity index (χ1n) is 9.97. The molecule has 0 aliphatic heterocycles. The molecule has 29 heavy (non-hydrogen) atoms. The lowest BCUT2D eigenvalue weighted by Crippen LogP contribution is -2.56. The van der Waals surface area contributed by atoms with Crippen molar-refractivity contribution in [2.24, 2.45) is 28.6 Å². The SMILES string of the molecule is C=C1CC[C@@H]2C(C)(C)[C@@H](O)CC[C@]2(C)[C@H]1CO[C@@H](C(=O)O)[C@H](CC(=O)O)C(=O)O. The predicted molar refractivity (Wildman–Crippen MR) is 103 cm³/mol. The summed E-state index contributed by atoms with van der Waals surface area (Å²) < 4.78 is 5.58. The van der Waals surface area contributed by atoms with Gasteiger partial charge >= 0.3 is 17.9 Å². The summed E-state index contributed by atoms with van der Waals surface area (Å²) in [5.74, 6) is -6.13. The van der Waals surface area contributed by atoms with E-state index in [2.05, 4.69) is 13.5 Å². The number of carboxylic acid groups (broad SMARTS) is 3. The van der Waals surface area contributed by atoms with Crippen molar-refractivity contribution in [3.8, 4) is 0 Å². The van der Waals surface area contributed by atoms with E-state index in [1.54, 1.807) is 0 Å². The lowest BCUT2D eigenvalue weighted by atomic mass is 9.47. The van der Waals surface area contributed by atoms with Crippen LogP contribution in [-0.2, 0) is 19.1 Å². The number of ether oxygens (including phenoxy) is 1. The third-order valence-electron chi connectivity index (χ3n) is 7.32. The number of carbonyl (C=O) groups is 3. The van der Waals surface area contributed by atoms with Crippen LogP contribution in [0, 0.1) is 28.6 Å². The molecule has 0 aromatic rings. The van der Waals surface area contributed by atoms with Crippen LogP contribution in [0.3, 0.4) is 0 Å². The molecule has 6 atom stereocenters. The summed E-state index contributed by atoms with van der Waals surface area (Å²) in [5.41, 5.74) is 0.336. The molecule has 0 aromatic heterocycles. The van der Waals surface area contributed by atoms with Crippen LogP contribution in [0.15, 0.2) is 12.2 Å². The van der Waals surface area contributed by atoms with E-state index in [0.29, 0.717) is 6.42 Å². The number of rotatable bonds is 8. The molecule has 0 unspecified atom stereocenters. The molecule has 4 N–H and O–H groups in total. The van der Waals surface area contributed by atoms with Gasteiger partial charge in [0.15, 0.2) is 6.10 Å². The molecule has 0 radical (unpaired) electrons. The summed E-state index contributed by atoms with van der Waals surface area (Å²) in [5, 5.41) is 38.2. The highest BCUT2D eigenvalue weighted by Crippen LogP contribution is 2.60. The zero-order valence-corrected chi connectivity index (χ0v) is 17.3. The van der Waals surface area contributed by atoms with Gasteiger partial charge in [0.05, 0.1) is 19.1 Å². The van der Waals surface area contributed by atoms with Crippen molar-refractivity contribution in [2.75, 3.05) is 6.61 Å². The van der Waals surface area contributed by atoms with Gasteiger partial charge in [0.25, 0.3) is 0 Å². The molecule has 8 heteroatoms. The van der Waals surface area contributed by atoms with E-state index in [-0.39, 0.29) is 29.3 Å². The van der Waals surface area contributed by atoms with Crippen LogP contribution in [0.25, 0.3) is 0 Å². The highest BCUT2D eigenvalue weighted by atomic mass is 16.5. The number of aliphatic hydroxyl groups is 1. The van der Waals surface area contributed by atoms with Crippen LogP contribution in [0.1, 0.15) is 52.9 Å². The van der Waals surface area contributed by atoms with E-state index in [1.165, 1.54) is 0 Å². The van der Waals surface area contributed by atoms with Crippen molar-refractivity contribution < 1.29 is 39.5 Å². The van der Waals surface area contributed by atoms with Gasteiger partial charge in [-0.15, -0.1) is 0 Å². The number of carboxylic acids is 3. The standard InChI is InChI=1S/C21H32O8/c1-11-5-6-14-20(2,3)15(22)7-8-21(14,4)13(11)10-29-17(19(27)28)12(18(25)26)9-16(23)24/h12-15,17,22H,1,5-10H2,2-4H3,(H,23,24)(H,25,26)(H,27,28)/t12-,13-,14+,15-,17+,21+/m0/s1. The molecule has 2 rings (SSSR count). The second-order valence-corrected chi connectivity index (χ2v) is 9.32. The topological polar surface area (TPSA) is 141 Å². The van der Waals surface area contributed by atoms with Crippen LogP contribution < -0.4 is 0 Å². The molecule has 0 bridgehead atoms. The molecule has 0 saturated heterocycles. The van der Waals surface area contributed by atoms with E-state index in [0.717, 1.165) is 24.8 Å². The first-order chi connectivity index (χ1) is 13.3. The summed E-state index contributed by atoms with van der Waals surface area (Å²) in [4.78, 5) is 34.1. The van der Waals surface area contributed by atoms with Gasteiger partial charge in [0, 0.05) is 5.92 Å². The second kappa shape index (κ2) is 8.44. The molecule has 0 amide bonds. The molecular formula is C21H32O8. The van der Waals surface area contributed by atoms with Crippen molar-refractivity contribution in [3.05, 3.63) is 12.2 Å². The van der Waals surface area contributed by atoms with Gasteiger partial charge in [0.2, 0.25) is 0 Å². The van der Waals surface area contributed by atoms with Crippen molar-refractivity contribution >= 4 is 17.9 Å². The molecule has 2 saturated carbocycles. The summed E-state index contributed by atoms with van der Waals surface area (Å²) in [6.07, 6.45) is -0.0890. The Balaban J connectivity index is 2.25. The van der Waals surface area contributed by atoms with Gasteiger partial charge in [0.1, 0.15) is 5.92 Å². The van der Waals surface area contributed by atoms with Crippen molar-refractivity contribution in [3.63, 3.8) is 0 Å². The summed E-state index contributed by atoms with van der Waals surface area (Å²) >= 11 is 0. The Morgan fingerprint density at radius 3 is 2.28 bits per heavy atom. The Labute approximate surface area is 170 Å². The highest BCUT2D eigenvalue weighted by Gasteiger charge is 2.56. The lowest BCUT2D eigenvalue weighted by molar-refractivity contribution is -0.172. The van der Waals surface area contributed by atoms with Gasteiger partial charge in [-0.05, 0) is 42.4 Å². The number of aliphatic carboxylic acids is 3. The van der Waals surface area contributed by atoms with Gasteiger partial charge in [-0.1, -0.05) is 32.9 Å². The first kappa shape index (κ1) is 23.3. The lowest BCUT2D eigenvalue weighted by Gasteiger charge is -2.59. The average Bonchev–Trinajstić information content (AvgIpc) is 2.59. The zero-order valence-electron chi connectivity index (χ0n) is 17.3. The Morgan fingerprint density at radius 1 is 1.14 bits per heavy atom. The Hall–Kier alpha value is -1.93. The van der Waals surface area contributed by atoms with E-state index >= 15 is 0 Å². The van der Waals surface area contributed by atoms with E-state index < -0.39 is 42.5 Å². The third-order valence-corrected chi connectivity index (χ3v) is 7.32. The maximum Gasteiger partial charge on any atom is 0.333 e. The summed E-state index contributed by atoms with van der Waals surface area (Å²) in [6.45, 7) is 10.3. The number of aliphatic hydroxyl groups excluding tert-OH is 1. The normalized spacial score (nSPS) is 33.4. The third kappa shape index (κ3) is 4.48. The predicted octanol–water partition coefficient (Wildman–Crippen LogP) is 2.40. The van der Waals surface area contributed by atoms with Crippen LogP contribution in [0.4, 0.5) is 0 Å². The van der Waals surface area contributed by atoms with Crippen molar-refractivity contribution in [1.29, 1.82) is 0 Å². The van der Waals surface area contributed by atoms with E-state index in [1.807, 2.05) is 13.8 Å². The fraction of sp³-hybridized carbons (Fsp3) is 0.762. The maximum absolute atomic E-state index is 11.7. The average molecular weight is 412 g/mol. The summed E-state index contributed by atoms with van der Waals surface area (Å²) in [7, 11) is 0. The summed E-state index contributed by atoms with van der Waals surface area (Å²) in [6, 6.07) is 0. The zero-order chi connectivity index (χ0) is 22.1. The molecule has 0 heterocycles. The number of hydrogen-bond acceptors (Lipinski definition) is 5. The number of fused-ring (bicyclic) bond motifs is 1. The molecule has 8 nitrogen and oxygen atoms in total. The quantitative estimate of drug-likeness (QED) is 0.445. The number of hydrogen-bond donors (Lipinski definition) is 4. The molecule has 0 aromatic carbocycles. The van der Waals surface area contributed by atoms with Crippen molar-refractivity contribution in [1.82, 2.24) is 0 Å².